The van der Waals surface area contributed by atoms with Crippen molar-refractivity contribution in [3.05, 3.63) is 17.5 Å². The minimum Gasteiger partial charge on any atom is -0.387 e. The van der Waals surface area contributed by atoms with Crippen LogP contribution in [0.2, 0.25) is 0 Å². The molecule has 0 aliphatic carbocycles. The molecule has 0 saturated carbocycles. The lowest BCUT2D eigenvalue weighted by molar-refractivity contribution is 0.187. The highest BCUT2D eigenvalue weighted by Crippen LogP contribution is 2.14. The van der Waals surface area contributed by atoms with Gasteiger partial charge in [0.1, 0.15) is 11.5 Å². The third kappa shape index (κ3) is 3.19. The van der Waals surface area contributed by atoms with E-state index in [-0.39, 0.29) is 0 Å². The zero-order valence-corrected chi connectivity index (χ0v) is 8.29. The molecule has 0 radical (unpaired) electrons. The Morgan fingerprint density at radius 2 is 2.31 bits per heavy atom. The number of hydrogen-bond acceptors (Lipinski definition) is 3. The van der Waals surface area contributed by atoms with Crippen molar-refractivity contribution < 1.29 is 9.63 Å². The second-order valence-corrected chi connectivity index (χ2v) is 3.35. The third-order valence-corrected chi connectivity index (χ3v) is 2.03. The van der Waals surface area contributed by atoms with E-state index in [9.17, 15) is 5.11 Å². The molecule has 0 aliphatic heterocycles. The largest absolute Gasteiger partial charge is 0.387 e. The van der Waals surface area contributed by atoms with Crippen molar-refractivity contribution in [2.24, 2.45) is 0 Å². The monoisotopic (exact) mass is 183 g/mol. The minimum atomic E-state index is -0.524. The van der Waals surface area contributed by atoms with E-state index < -0.39 is 6.10 Å². The Morgan fingerprint density at radius 3 is 2.85 bits per heavy atom. The van der Waals surface area contributed by atoms with Crippen LogP contribution in [0.15, 0.2) is 10.6 Å². The number of aromatic nitrogens is 1. The topological polar surface area (TPSA) is 46.3 Å². The van der Waals surface area contributed by atoms with Gasteiger partial charge in [-0.25, -0.2) is 0 Å². The first-order chi connectivity index (χ1) is 6.24. The fraction of sp³-hybridized carbons (Fsp3) is 0.700. The van der Waals surface area contributed by atoms with Crippen molar-refractivity contribution in [1.29, 1.82) is 0 Å². The molecule has 1 N–H and O–H groups in total. The zero-order chi connectivity index (χ0) is 9.68. The maximum Gasteiger partial charge on any atom is 0.137 e. The summed E-state index contributed by atoms with van der Waals surface area (Å²) in [5.41, 5.74) is 0.631. The number of aliphatic hydroxyl groups excluding tert-OH is 1. The Balaban J connectivity index is 2.40. The summed E-state index contributed by atoms with van der Waals surface area (Å²) in [4.78, 5) is 0. The van der Waals surface area contributed by atoms with Gasteiger partial charge in [-0.2, -0.15) is 0 Å². The molecular formula is C10H17NO2. The van der Waals surface area contributed by atoms with Gasteiger partial charge in [0.05, 0.1) is 6.10 Å². The molecule has 0 spiro atoms. The van der Waals surface area contributed by atoms with Crippen LogP contribution in [0, 0.1) is 0 Å². The van der Waals surface area contributed by atoms with Crippen LogP contribution < -0.4 is 0 Å². The SMILES string of the molecule is CCCCCc1cc([C@H](C)O)no1. The van der Waals surface area contributed by atoms with Gasteiger partial charge in [-0.05, 0) is 13.3 Å². The first-order valence-corrected chi connectivity index (χ1v) is 4.87. The van der Waals surface area contributed by atoms with Gasteiger partial charge in [0, 0.05) is 12.5 Å². The summed E-state index contributed by atoms with van der Waals surface area (Å²) in [6.45, 7) is 3.86. The Hall–Kier alpha value is -0.830. The molecule has 1 atom stereocenters. The van der Waals surface area contributed by atoms with E-state index in [4.69, 9.17) is 4.52 Å². The Labute approximate surface area is 78.7 Å². The lowest BCUT2D eigenvalue weighted by Gasteiger charge is -1.93. The van der Waals surface area contributed by atoms with Crippen molar-refractivity contribution in [2.45, 2.75) is 45.6 Å². The molecule has 3 nitrogen and oxygen atoms in total. The second kappa shape index (κ2) is 5.02. The van der Waals surface area contributed by atoms with Crippen molar-refractivity contribution in [1.82, 2.24) is 5.16 Å². The molecule has 1 heterocycles. The molecule has 1 rings (SSSR count). The van der Waals surface area contributed by atoms with Crippen LogP contribution in [0.5, 0.6) is 0 Å². The molecule has 13 heavy (non-hydrogen) atoms. The van der Waals surface area contributed by atoms with Gasteiger partial charge in [0.25, 0.3) is 0 Å². The fourth-order valence-corrected chi connectivity index (χ4v) is 1.19. The quantitative estimate of drug-likeness (QED) is 0.713. The molecule has 0 aliphatic rings. The smallest absolute Gasteiger partial charge is 0.137 e. The fourth-order valence-electron chi connectivity index (χ4n) is 1.19. The molecule has 0 aromatic carbocycles. The number of hydrogen-bond donors (Lipinski definition) is 1. The van der Waals surface area contributed by atoms with Gasteiger partial charge in [-0.1, -0.05) is 24.9 Å². The minimum absolute atomic E-state index is 0.524. The molecule has 3 heteroatoms. The normalized spacial score (nSPS) is 13.2. The summed E-state index contributed by atoms with van der Waals surface area (Å²) in [7, 11) is 0. The Morgan fingerprint density at radius 1 is 1.54 bits per heavy atom. The Kier molecular flexibility index (Phi) is 3.96. The number of nitrogens with zero attached hydrogens (tertiary/aromatic N) is 1. The van der Waals surface area contributed by atoms with Gasteiger partial charge in [0.2, 0.25) is 0 Å². The summed E-state index contributed by atoms with van der Waals surface area (Å²) in [5, 5.41) is 13.0. The van der Waals surface area contributed by atoms with E-state index in [0.717, 1.165) is 18.6 Å². The average molecular weight is 183 g/mol. The molecule has 1 aromatic heterocycles. The zero-order valence-electron chi connectivity index (χ0n) is 8.29. The maximum absolute atomic E-state index is 9.19. The van der Waals surface area contributed by atoms with Crippen LogP contribution in [0.3, 0.4) is 0 Å². The van der Waals surface area contributed by atoms with Gasteiger partial charge in [-0.15, -0.1) is 0 Å². The number of aryl methyl sites for hydroxylation is 1. The van der Waals surface area contributed by atoms with Crippen molar-refractivity contribution >= 4 is 0 Å². The summed E-state index contributed by atoms with van der Waals surface area (Å²) < 4.78 is 5.06. The van der Waals surface area contributed by atoms with Gasteiger partial charge < -0.3 is 9.63 Å². The highest BCUT2D eigenvalue weighted by Gasteiger charge is 2.07. The molecule has 0 fully saturated rings. The molecule has 0 amide bonds. The van der Waals surface area contributed by atoms with Crippen LogP contribution in [-0.4, -0.2) is 10.3 Å². The van der Waals surface area contributed by atoms with Crippen molar-refractivity contribution in [3.8, 4) is 0 Å². The second-order valence-electron chi connectivity index (χ2n) is 3.35. The van der Waals surface area contributed by atoms with E-state index in [2.05, 4.69) is 12.1 Å². The average Bonchev–Trinajstić information content (AvgIpc) is 2.53. The van der Waals surface area contributed by atoms with E-state index in [1.165, 1.54) is 12.8 Å². The predicted molar refractivity (Wildman–Crippen MR) is 50.4 cm³/mol. The van der Waals surface area contributed by atoms with Crippen LogP contribution in [0.1, 0.15) is 50.7 Å². The summed E-state index contributed by atoms with van der Waals surface area (Å²) in [6, 6.07) is 1.83. The molecule has 0 unspecified atom stereocenters. The lowest BCUT2D eigenvalue weighted by atomic mass is 10.1. The molecule has 1 aromatic rings. The third-order valence-electron chi connectivity index (χ3n) is 2.03. The van der Waals surface area contributed by atoms with Crippen LogP contribution in [0.25, 0.3) is 0 Å². The number of aliphatic hydroxyl groups is 1. The summed E-state index contributed by atoms with van der Waals surface area (Å²) in [5.74, 6) is 0.879. The van der Waals surface area contributed by atoms with Gasteiger partial charge in [0.15, 0.2) is 0 Å². The molecule has 74 valence electrons. The van der Waals surface area contributed by atoms with E-state index in [0.29, 0.717) is 5.69 Å². The van der Waals surface area contributed by atoms with Gasteiger partial charge >= 0.3 is 0 Å². The molecule has 0 saturated heterocycles. The van der Waals surface area contributed by atoms with E-state index in [1.807, 2.05) is 6.07 Å². The highest BCUT2D eigenvalue weighted by molar-refractivity contribution is 5.07. The lowest BCUT2D eigenvalue weighted by Crippen LogP contribution is -1.89. The number of unbranched alkanes of at least 4 members (excludes halogenated alkanes) is 2. The maximum atomic E-state index is 9.19. The van der Waals surface area contributed by atoms with Crippen LogP contribution in [0.4, 0.5) is 0 Å². The highest BCUT2D eigenvalue weighted by atomic mass is 16.5. The van der Waals surface area contributed by atoms with Crippen molar-refractivity contribution in [3.63, 3.8) is 0 Å². The Bertz CT molecular complexity index is 243. The first kappa shape index (κ1) is 10.3. The molecular weight excluding hydrogens is 166 g/mol. The molecule has 0 bridgehead atoms. The van der Waals surface area contributed by atoms with Gasteiger partial charge in [-0.3, -0.25) is 0 Å². The van der Waals surface area contributed by atoms with Crippen molar-refractivity contribution in [2.75, 3.05) is 0 Å². The predicted octanol–water partition coefficient (Wildman–Crippen LogP) is 2.46. The first-order valence-electron chi connectivity index (χ1n) is 4.87. The van der Waals surface area contributed by atoms with Crippen LogP contribution in [-0.2, 0) is 6.42 Å². The van der Waals surface area contributed by atoms with E-state index >= 15 is 0 Å². The summed E-state index contributed by atoms with van der Waals surface area (Å²) >= 11 is 0. The van der Waals surface area contributed by atoms with E-state index in [1.54, 1.807) is 6.92 Å². The number of rotatable bonds is 5. The van der Waals surface area contributed by atoms with Crippen LogP contribution >= 0.6 is 0 Å². The summed E-state index contributed by atoms with van der Waals surface area (Å²) in [6.07, 6.45) is 3.95. The standard InChI is InChI=1S/C10H17NO2/c1-3-4-5-6-9-7-10(8(2)12)11-13-9/h7-8,12H,3-6H2,1-2H3/t8-/m0/s1.